The van der Waals surface area contributed by atoms with Gasteiger partial charge in [-0.05, 0) is 45.5 Å². The number of aryl methyl sites for hydroxylation is 1. The Bertz CT molecular complexity index is 616. The monoisotopic (exact) mass is 261 g/mol. The first-order chi connectivity index (χ1) is 8.86. The van der Waals surface area contributed by atoms with E-state index >= 15 is 0 Å². The topological polar surface area (TPSA) is 78.0 Å². The number of aliphatic carboxylic acids is 1. The van der Waals surface area contributed by atoms with Crippen LogP contribution in [0.2, 0.25) is 0 Å². The second-order valence-electron chi connectivity index (χ2n) is 5.35. The van der Waals surface area contributed by atoms with Crippen molar-refractivity contribution in [3.63, 3.8) is 0 Å². The zero-order chi connectivity index (χ0) is 14.2. The number of carbonyl (C=O) groups is 1. The molecule has 0 aliphatic carbocycles. The summed E-state index contributed by atoms with van der Waals surface area (Å²) in [6, 6.07) is 5.53. The van der Waals surface area contributed by atoms with Gasteiger partial charge in [0.25, 0.3) is 0 Å². The molecular weight excluding hydrogens is 242 g/mol. The highest BCUT2D eigenvalue weighted by Crippen LogP contribution is 2.34. The van der Waals surface area contributed by atoms with Crippen molar-refractivity contribution in [1.82, 2.24) is 15.3 Å². The number of carboxylic acid groups (broad SMARTS) is 1. The van der Waals surface area contributed by atoms with E-state index in [1.54, 1.807) is 20.9 Å². The molecule has 0 radical (unpaired) electrons. The Labute approximate surface area is 112 Å². The van der Waals surface area contributed by atoms with E-state index in [9.17, 15) is 9.90 Å². The largest absolute Gasteiger partial charge is 0.481 e. The Kier molecular flexibility index (Phi) is 3.32. The molecule has 1 aromatic heterocycles. The number of H-pyrrole nitrogens is 1. The minimum absolute atomic E-state index is 0.266. The second kappa shape index (κ2) is 4.66. The van der Waals surface area contributed by atoms with Crippen LogP contribution < -0.4 is 5.32 Å². The van der Waals surface area contributed by atoms with Gasteiger partial charge in [0.05, 0.1) is 16.4 Å². The Hall–Kier alpha value is -1.88. The fraction of sp³-hybridized carbons (Fsp3) is 0.429. The average molecular weight is 261 g/mol. The van der Waals surface area contributed by atoms with Crippen molar-refractivity contribution in [2.75, 3.05) is 7.05 Å². The van der Waals surface area contributed by atoms with Gasteiger partial charge >= 0.3 is 5.97 Å². The van der Waals surface area contributed by atoms with Gasteiger partial charge in [0, 0.05) is 6.04 Å². The molecule has 102 valence electrons. The molecule has 0 amide bonds. The van der Waals surface area contributed by atoms with Gasteiger partial charge in [-0.15, -0.1) is 0 Å². The van der Waals surface area contributed by atoms with Gasteiger partial charge in [-0.2, -0.15) is 0 Å². The normalized spacial score (nSPS) is 13.7. The maximum absolute atomic E-state index is 11.4. The van der Waals surface area contributed by atoms with E-state index in [0.29, 0.717) is 0 Å². The van der Waals surface area contributed by atoms with Crippen LogP contribution >= 0.6 is 0 Å². The SMILES string of the molecule is CNC(c1ccc2nc(C)[nH]c2c1)C(C)(C)C(=O)O. The lowest BCUT2D eigenvalue weighted by Gasteiger charge is -2.30. The second-order valence-corrected chi connectivity index (χ2v) is 5.35. The van der Waals surface area contributed by atoms with Gasteiger partial charge in [-0.3, -0.25) is 4.79 Å². The number of hydrogen-bond acceptors (Lipinski definition) is 3. The molecular formula is C14H19N3O2. The Morgan fingerprint density at radius 2 is 2.16 bits per heavy atom. The number of carboxylic acids is 1. The summed E-state index contributed by atoms with van der Waals surface area (Å²) in [4.78, 5) is 18.9. The highest BCUT2D eigenvalue weighted by atomic mass is 16.4. The number of aromatic nitrogens is 2. The lowest BCUT2D eigenvalue weighted by atomic mass is 9.80. The van der Waals surface area contributed by atoms with E-state index < -0.39 is 11.4 Å². The molecule has 0 aliphatic rings. The maximum Gasteiger partial charge on any atom is 0.311 e. The summed E-state index contributed by atoms with van der Waals surface area (Å²) in [6.07, 6.45) is 0. The first-order valence-electron chi connectivity index (χ1n) is 6.23. The molecule has 19 heavy (non-hydrogen) atoms. The number of hydrogen-bond donors (Lipinski definition) is 3. The van der Waals surface area contributed by atoms with E-state index in [0.717, 1.165) is 22.4 Å². The van der Waals surface area contributed by atoms with Crippen LogP contribution in [0.3, 0.4) is 0 Å². The minimum Gasteiger partial charge on any atom is -0.481 e. The number of nitrogens with zero attached hydrogens (tertiary/aromatic N) is 1. The third kappa shape index (κ3) is 2.33. The van der Waals surface area contributed by atoms with Crippen LogP contribution in [0.25, 0.3) is 11.0 Å². The zero-order valence-corrected chi connectivity index (χ0v) is 11.6. The van der Waals surface area contributed by atoms with Gasteiger partial charge < -0.3 is 15.4 Å². The van der Waals surface area contributed by atoms with Gasteiger partial charge in [-0.1, -0.05) is 6.07 Å². The first kappa shape index (κ1) is 13.5. The fourth-order valence-electron chi connectivity index (χ4n) is 2.40. The maximum atomic E-state index is 11.4. The predicted octanol–water partition coefficient (Wildman–Crippen LogP) is 2.24. The molecule has 0 saturated heterocycles. The van der Waals surface area contributed by atoms with Crippen LogP contribution in [0.1, 0.15) is 31.3 Å². The van der Waals surface area contributed by atoms with E-state index in [2.05, 4.69) is 15.3 Å². The van der Waals surface area contributed by atoms with Crippen LogP contribution in [0.4, 0.5) is 0 Å². The Morgan fingerprint density at radius 1 is 1.47 bits per heavy atom. The number of benzene rings is 1. The third-order valence-corrected chi connectivity index (χ3v) is 3.52. The number of imidazole rings is 1. The molecule has 2 aromatic rings. The molecule has 1 unspecified atom stereocenters. The van der Waals surface area contributed by atoms with Gasteiger partial charge in [0.2, 0.25) is 0 Å². The van der Waals surface area contributed by atoms with E-state index in [1.165, 1.54) is 0 Å². The first-order valence-corrected chi connectivity index (χ1v) is 6.23. The van der Waals surface area contributed by atoms with Gasteiger partial charge in [-0.25, -0.2) is 4.98 Å². The van der Waals surface area contributed by atoms with Gasteiger partial charge in [0.15, 0.2) is 0 Å². The Balaban J connectivity index is 2.49. The fourth-order valence-corrected chi connectivity index (χ4v) is 2.40. The predicted molar refractivity (Wildman–Crippen MR) is 74.0 cm³/mol. The standard InChI is InChI=1S/C14H19N3O2/c1-8-16-10-6-5-9(7-11(10)17-8)12(15-4)14(2,3)13(18)19/h5-7,12,15H,1-4H3,(H,16,17)(H,18,19). The summed E-state index contributed by atoms with van der Waals surface area (Å²) in [5.41, 5.74) is 1.86. The molecule has 1 heterocycles. The number of rotatable bonds is 4. The van der Waals surface area contributed by atoms with Crippen LogP contribution in [0, 0.1) is 12.3 Å². The lowest BCUT2D eigenvalue weighted by Crippen LogP contribution is -2.38. The van der Waals surface area contributed by atoms with Crippen molar-refractivity contribution < 1.29 is 9.90 Å². The van der Waals surface area contributed by atoms with E-state index in [1.807, 2.05) is 25.1 Å². The number of nitrogens with one attached hydrogen (secondary N) is 2. The average Bonchev–Trinajstić information content (AvgIpc) is 2.68. The van der Waals surface area contributed by atoms with Crippen LogP contribution in [0.15, 0.2) is 18.2 Å². The molecule has 2 rings (SSSR count). The summed E-state index contributed by atoms with van der Waals surface area (Å²) in [5, 5.41) is 12.5. The van der Waals surface area contributed by atoms with Crippen molar-refractivity contribution in [3.8, 4) is 0 Å². The molecule has 0 spiro atoms. The highest BCUT2D eigenvalue weighted by molar-refractivity contribution is 5.78. The number of fused-ring (bicyclic) bond motifs is 1. The van der Waals surface area contributed by atoms with Crippen molar-refractivity contribution in [3.05, 3.63) is 29.6 Å². The van der Waals surface area contributed by atoms with Crippen LogP contribution in [-0.2, 0) is 4.79 Å². The highest BCUT2D eigenvalue weighted by Gasteiger charge is 2.37. The van der Waals surface area contributed by atoms with Crippen molar-refractivity contribution in [2.45, 2.75) is 26.8 Å². The van der Waals surface area contributed by atoms with Crippen molar-refractivity contribution in [1.29, 1.82) is 0 Å². The zero-order valence-electron chi connectivity index (χ0n) is 11.6. The molecule has 0 saturated carbocycles. The van der Waals surface area contributed by atoms with E-state index in [4.69, 9.17) is 0 Å². The molecule has 1 aromatic carbocycles. The summed E-state index contributed by atoms with van der Waals surface area (Å²) >= 11 is 0. The van der Waals surface area contributed by atoms with Gasteiger partial charge in [0.1, 0.15) is 5.82 Å². The molecule has 5 heteroatoms. The molecule has 3 N–H and O–H groups in total. The molecule has 0 fully saturated rings. The van der Waals surface area contributed by atoms with E-state index in [-0.39, 0.29) is 6.04 Å². The third-order valence-electron chi connectivity index (χ3n) is 3.52. The smallest absolute Gasteiger partial charge is 0.311 e. The molecule has 5 nitrogen and oxygen atoms in total. The minimum atomic E-state index is -0.891. The summed E-state index contributed by atoms with van der Waals surface area (Å²) in [7, 11) is 1.78. The summed E-state index contributed by atoms with van der Waals surface area (Å²) in [5.74, 6) is 0.0263. The molecule has 1 atom stereocenters. The molecule has 0 bridgehead atoms. The van der Waals surface area contributed by atoms with Crippen molar-refractivity contribution >= 4 is 17.0 Å². The van der Waals surface area contributed by atoms with Crippen molar-refractivity contribution in [2.24, 2.45) is 5.41 Å². The lowest BCUT2D eigenvalue weighted by molar-refractivity contribution is -0.148. The van der Waals surface area contributed by atoms with Crippen LogP contribution in [0.5, 0.6) is 0 Å². The summed E-state index contributed by atoms with van der Waals surface area (Å²) < 4.78 is 0. The quantitative estimate of drug-likeness (QED) is 0.788. The summed E-state index contributed by atoms with van der Waals surface area (Å²) in [6.45, 7) is 5.34. The number of aromatic amines is 1. The molecule has 0 aliphatic heterocycles. The van der Waals surface area contributed by atoms with Crippen LogP contribution in [-0.4, -0.2) is 28.1 Å². The Morgan fingerprint density at radius 3 is 2.74 bits per heavy atom.